The zero-order valence-electron chi connectivity index (χ0n) is 9.90. The van der Waals surface area contributed by atoms with Crippen molar-refractivity contribution >= 4 is 17.3 Å². The number of amides is 1. The molecule has 0 fully saturated rings. The Bertz CT molecular complexity index is 536. The van der Waals surface area contributed by atoms with E-state index in [9.17, 15) is 32.5 Å². The van der Waals surface area contributed by atoms with Crippen LogP contribution in [0, 0.1) is 10.1 Å². The van der Waals surface area contributed by atoms with Gasteiger partial charge in [0, 0.05) is 0 Å². The highest BCUT2D eigenvalue weighted by Crippen LogP contribution is 2.31. The maximum absolute atomic E-state index is 12.7. The molecule has 1 aromatic carbocycles. The van der Waals surface area contributed by atoms with Crippen molar-refractivity contribution in [2.24, 2.45) is 0 Å². The minimum atomic E-state index is -4.95. The predicted molar refractivity (Wildman–Crippen MR) is 59.2 cm³/mol. The maximum atomic E-state index is 12.7. The van der Waals surface area contributed by atoms with E-state index in [0.717, 1.165) is 18.2 Å². The summed E-state index contributed by atoms with van der Waals surface area (Å²) in [6.45, 7) is 0. The molecule has 0 aliphatic carbocycles. The van der Waals surface area contributed by atoms with E-state index >= 15 is 0 Å². The quantitative estimate of drug-likeness (QED) is 0.514. The minimum Gasteiger partial charge on any atom is -0.496 e. The molecular formula is C10H8F4N2O4. The maximum Gasteiger partial charge on any atom is 0.383 e. The molecule has 0 unspecified atom stereocenters. The number of benzene rings is 1. The first-order chi connectivity index (χ1) is 9.20. The van der Waals surface area contributed by atoms with Gasteiger partial charge in [0.2, 0.25) is 0 Å². The van der Waals surface area contributed by atoms with Crippen molar-refractivity contribution in [2.75, 3.05) is 12.4 Å². The normalized spacial score (nSPS) is 11.3. The molecule has 110 valence electrons. The fraction of sp³-hybridized carbons (Fsp3) is 0.300. The van der Waals surface area contributed by atoms with Gasteiger partial charge in [-0.2, -0.15) is 8.78 Å². The van der Waals surface area contributed by atoms with Gasteiger partial charge >= 0.3 is 18.3 Å². The highest BCUT2D eigenvalue weighted by Gasteiger charge is 2.49. The van der Waals surface area contributed by atoms with Crippen LogP contribution in [-0.2, 0) is 4.79 Å². The Morgan fingerprint density at radius 2 is 2.05 bits per heavy atom. The summed E-state index contributed by atoms with van der Waals surface area (Å²) in [7, 11) is 1.21. The summed E-state index contributed by atoms with van der Waals surface area (Å²) in [6, 6.07) is 2.90. The second-order valence-electron chi connectivity index (χ2n) is 3.52. The number of carbonyl (C=O) groups excluding carboxylic acids is 1. The lowest BCUT2D eigenvalue weighted by atomic mass is 10.2. The third-order valence-corrected chi connectivity index (χ3v) is 2.23. The number of ether oxygens (including phenoxy) is 1. The van der Waals surface area contributed by atoms with Crippen LogP contribution in [-0.4, -0.2) is 30.3 Å². The highest BCUT2D eigenvalue weighted by molar-refractivity contribution is 5.98. The van der Waals surface area contributed by atoms with E-state index < -0.39 is 34.6 Å². The molecule has 20 heavy (non-hydrogen) atoms. The third-order valence-electron chi connectivity index (χ3n) is 2.23. The molecular weight excluding hydrogens is 288 g/mol. The lowest BCUT2D eigenvalue weighted by molar-refractivity contribution is -0.384. The summed E-state index contributed by atoms with van der Waals surface area (Å²) in [5, 5.41) is 12.1. The fourth-order valence-corrected chi connectivity index (χ4v) is 1.20. The Kier molecular flexibility index (Phi) is 4.48. The molecule has 0 aliphatic heterocycles. The molecule has 0 aromatic heterocycles. The summed E-state index contributed by atoms with van der Waals surface area (Å²) < 4.78 is 54.1. The summed E-state index contributed by atoms with van der Waals surface area (Å²) >= 11 is 0. The second kappa shape index (κ2) is 5.72. The van der Waals surface area contributed by atoms with Gasteiger partial charge in [-0.3, -0.25) is 14.9 Å². The largest absolute Gasteiger partial charge is 0.496 e. The number of nitro benzene ring substituents is 1. The average molecular weight is 296 g/mol. The highest BCUT2D eigenvalue weighted by atomic mass is 19.3. The molecule has 0 atom stereocenters. The third kappa shape index (κ3) is 3.13. The molecule has 0 saturated carbocycles. The number of halogens is 4. The lowest BCUT2D eigenvalue weighted by Gasteiger charge is -2.15. The average Bonchev–Trinajstić information content (AvgIpc) is 2.38. The van der Waals surface area contributed by atoms with Gasteiger partial charge in [0.1, 0.15) is 11.4 Å². The number of nitro groups is 1. The molecule has 0 aliphatic rings. The van der Waals surface area contributed by atoms with Gasteiger partial charge in [0.05, 0.1) is 18.1 Å². The van der Waals surface area contributed by atoms with Crippen LogP contribution in [0.2, 0.25) is 0 Å². The first-order valence-electron chi connectivity index (χ1n) is 5.00. The molecule has 1 N–H and O–H groups in total. The van der Waals surface area contributed by atoms with E-state index in [1.807, 2.05) is 0 Å². The van der Waals surface area contributed by atoms with Crippen LogP contribution in [0.3, 0.4) is 0 Å². The van der Waals surface area contributed by atoms with Crippen LogP contribution >= 0.6 is 0 Å². The smallest absolute Gasteiger partial charge is 0.383 e. The standard InChI is InChI=1S/C10H8F4N2O4/c1-20-5-2-3-6(7(4-5)16(18)19)15-9(17)10(13,14)8(11)12/h2-4,8H,1H3,(H,15,17). The molecule has 6 nitrogen and oxygen atoms in total. The van der Waals surface area contributed by atoms with Crippen molar-refractivity contribution in [1.82, 2.24) is 0 Å². The van der Waals surface area contributed by atoms with Gasteiger partial charge in [0.15, 0.2) is 0 Å². The van der Waals surface area contributed by atoms with Crippen LogP contribution < -0.4 is 10.1 Å². The van der Waals surface area contributed by atoms with Crippen molar-refractivity contribution in [2.45, 2.75) is 12.3 Å². The number of anilines is 1. The molecule has 0 saturated heterocycles. The van der Waals surface area contributed by atoms with Crippen LogP contribution in [0.1, 0.15) is 0 Å². The molecule has 10 heteroatoms. The van der Waals surface area contributed by atoms with E-state index in [0.29, 0.717) is 0 Å². The Balaban J connectivity index is 3.10. The Morgan fingerprint density at radius 3 is 2.50 bits per heavy atom. The van der Waals surface area contributed by atoms with Crippen LogP contribution in [0.25, 0.3) is 0 Å². The number of methoxy groups -OCH3 is 1. The number of carbonyl (C=O) groups is 1. The van der Waals surface area contributed by atoms with Gasteiger partial charge in [-0.25, -0.2) is 8.78 Å². The summed E-state index contributed by atoms with van der Waals surface area (Å²) in [5.41, 5.74) is -1.40. The van der Waals surface area contributed by atoms with Crippen molar-refractivity contribution in [3.63, 3.8) is 0 Å². The number of hydrogen-bond acceptors (Lipinski definition) is 4. The zero-order valence-corrected chi connectivity index (χ0v) is 9.90. The molecule has 1 amide bonds. The van der Waals surface area contributed by atoms with Crippen molar-refractivity contribution in [3.8, 4) is 5.75 Å². The van der Waals surface area contributed by atoms with E-state index in [1.165, 1.54) is 12.4 Å². The summed E-state index contributed by atoms with van der Waals surface area (Å²) in [4.78, 5) is 20.8. The molecule has 1 aromatic rings. The minimum absolute atomic E-state index is 0.0373. The molecule has 0 bridgehead atoms. The van der Waals surface area contributed by atoms with Crippen molar-refractivity contribution in [3.05, 3.63) is 28.3 Å². The topological polar surface area (TPSA) is 81.5 Å². The van der Waals surface area contributed by atoms with Crippen molar-refractivity contribution < 1.29 is 32.0 Å². The van der Waals surface area contributed by atoms with Crippen LogP contribution in [0.15, 0.2) is 18.2 Å². The van der Waals surface area contributed by atoms with E-state index in [-0.39, 0.29) is 5.75 Å². The molecule has 0 heterocycles. The Labute approximate surface area is 109 Å². The second-order valence-corrected chi connectivity index (χ2v) is 3.52. The zero-order chi connectivity index (χ0) is 15.5. The van der Waals surface area contributed by atoms with Gasteiger partial charge in [-0.15, -0.1) is 0 Å². The molecule has 0 spiro atoms. The van der Waals surface area contributed by atoms with Crippen molar-refractivity contribution in [1.29, 1.82) is 0 Å². The number of rotatable bonds is 5. The first-order valence-corrected chi connectivity index (χ1v) is 5.00. The Morgan fingerprint density at radius 1 is 1.45 bits per heavy atom. The van der Waals surface area contributed by atoms with Crippen LogP contribution in [0.5, 0.6) is 5.75 Å². The molecule has 0 radical (unpaired) electrons. The van der Waals surface area contributed by atoms with E-state index in [1.54, 1.807) is 0 Å². The fourth-order valence-electron chi connectivity index (χ4n) is 1.20. The SMILES string of the molecule is COc1ccc(NC(=O)C(F)(F)C(F)F)c([N+](=O)[O-])c1. The van der Waals surface area contributed by atoms with Gasteiger partial charge in [0.25, 0.3) is 5.69 Å². The van der Waals surface area contributed by atoms with E-state index in [2.05, 4.69) is 4.74 Å². The van der Waals surface area contributed by atoms with Crippen LogP contribution in [0.4, 0.5) is 28.9 Å². The predicted octanol–water partition coefficient (Wildman–Crippen LogP) is 2.44. The number of alkyl halides is 4. The summed E-state index contributed by atoms with van der Waals surface area (Å²) in [5.74, 6) is -7.25. The summed E-state index contributed by atoms with van der Waals surface area (Å²) in [6.07, 6.45) is -4.22. The van der Waals surface area contributed by atoms with E-state index in [4.69, 9.17) is 0 Å². The number of nitrogens with zero attached hydrogens (tertiary/aromatic N) is 1. The monoisotopic (exact) mass is 296 g/mol. The van der Waals surface area contributed by atoms with Gasteiger partial charge in [-0.05, 0) is 12.1 Å². The lowest BCUT2D eigenvalue weighted by Crippen LogP contribution is -2.41. The van der Waals surface area contributed by atoms with Gasteiger partial charge < -0.3 is 10.1 Å². The number of hydrogen-bond donors (Lipinski definition) is 1. The number of nitrogens with one attached hydrogen (secondary N) is 1. The van der Waals surface area contributed by atoms with Gasteiger partial charge in [-0.1, -0.05) is 0 Å². The first kappa shape index (κ1) is 15.7. The Hall–Kier alpha value is -2.39. The molecule has 1 rings (SSSR count).